The van der Waals surface area contributed by atoms with E-state index in [4.69, 9.17) is 49.9 Å². The smallest absolute Gasteiger partial charge is 0.308 e. The molecule has 0 unspecified atom stereocenters. The SMILES string of the molecule is COC(=O)[C@H]1CC[C@H](Nc2nc(NC3CCOCC3)ncc2NC(=S)Nc2c(Cl)cc(F)cc2Cl)CC1. The summed E-state index contributed by atoms with van der Waals surface area (Å²) >= 11 is 17.7. The van der Waals surface area contributed by atoms with Gasteiger partial charge in [-0.3, -0.25) is 4.79 Å². The molecule has 2 fully saturated rings. The van der Waals surface area contributed by atoms with Crippen LogP contribution in [0.4, 0.5) is 27.5 Å². The Hall–Kier alpha value is -2.47. The van der Waals surface area contributed by atoms with Crippen LogP contribution in [0.5, 0.6) is 0 Å². The molecule has 4 N–H and O–H groups in total. The van der Waals surface area contributed by atoms with Gasteiger partial charge in [0.05, 0.1) is 35.0 Å². The van der Waals surface area contributed by atoms with Gasteiger partial charge in [-0.15, -0.1) is 0 Å². The largest absolute Gasteiger partial charge is 0.469 e. The maximum Gasteiger partial charge on any atom is 0.308 e. The Bertz CT molecular complexity index is 1110. The van der Waals surface area contributed by atoms with Crippen molar-refractivity contribution in [2.75, 3.05) is 41.6 Å². The first-order valence-electron chi connectivity index (χ1n) is 12.1. The molecule has 1 aliphatic heterocycles. The third-order valence-corrected chi connectivity index (χ3v) is 7.24. The summed E-state index contributed by atoms with van der Waals surface area (Å²) in [6.45, 7) is 1.39. The summed E-state index contributed by atoms with van der Waals surface area (Å²) in [5, 5.41) is 13.2. The standard InChI is InChI=1S/C24H29Cl2FN6O3S/c1-35-22(34)13-2-4-15(5-3-13)29-21-19(12-28-23(33-21)30-16-6-8-36-9-7-16)31-24(37)32-20-17(25)10-14(27)11-18(20)26/h10-13,15-16H,2-9H2,1H3,(H2,31,32,37)(H2,28,29,30,33)/t13-,15-. The van der Waals surface area contributed by atoms with Gasteiger partial charge < -0.3 is 30.7 Å². The summed E-state index contributed by atoms with van der Waals surface area (Å²) in [4.78, 5) is 21.1. The Morgan fingerprint density at radius 1 is 1.05 bits per heavy atom. The second-order valence-corrected chi connectivity index (χ2v) is 10.2. The highest BCUT2D eigenvalue weighted by molar-refractivity contribution is 7.80. The van der Waals surface area contributed by atoms with Gasteiger partial charge in [0, 0.05) is 25.3 Å². The summed E-state index contributed by atoms with van der Waals surface area (Å²) in [6.07, 6.45) is 6.41. The Morgan fingerprint density at radius 2 is 1.70 bits per heavy atom. The van der Waals surface area contributed by atoms with Gasteiger partial charge in [-0.1, -0.05) is 23.2 Å². The zero-order chi connectivity index (χ0) is 26.4. The number of hydrogen-bond acceptors (Lipinski definition) is 8. The lowest BCUT2D eigenvalue weighted by Gasteiger charge is -2.29. The molecule has 1 saturated heterocycles. The van der Waals surface area contributed by atoms with E-state index in [0.717, 1.165) is 50.7 Å². The van der Waals surface area contributed by atoms with Crippen molar-refractivity contribution in [3.8, 4) is 0 Å². The van der Waals surface area contributed by atoms with Crippen LogP contribution < -0.4 is 21.3 Å². The van der Waals surface area contributed by atoms with Crippen LogP contribution in [0.3, 0.4) is 0 Å². The van der Waals surface area contributed by atoms with Crippen molar-refractivity contribution in [3.63, 3.8) is 0 Å². The van der Waals surface area contributed by atoms with Gasteiger partial charge in [0.2, 0.25) is 5.95 Å². The number of carbonyl (C=O) groups excluding carboxylic acids is 1. The molecule has 0 bridgehead atoms. The molecule has 200 valence electrons. The summed E-state index contributed by atoms with van der Waals surface area (Å²) in [7, 11) is 1.42. The van der Waals surface area contributed by atoms with Crippen LogP contribution in [0.2, 0.25) is 10.0 Å². The minimum Gasteiger partial charge on any atom is -0.469 e. The first kappa shape index (κ1) is 27.6. The van der Waals surface area contributed by atoms with Crippen LogP contribution in [0, 0.1) is 11.7 Å². The van der Waals surface area contributed by atoms with Crippen LogP contribution >= 0.6 is 35.4 Å². The fraction of sp³-hybridized carbons (Fsp3) is 0.500. The average Bonchev–Trinajstić information content (AvgIpc) is 2.88. The molecule has 1 saturated carbocycles. The molecule has 0 radical (unpaired) electrons. The summed E-state index contributed by atoms with van der Waals surface area (Å²) in [5.74, 6) is 0.256. The number of thiocarbonyl (C=S) groups is 1. The Labute approximate surface area is 230 Å². The molecule has 2 aromatic rings. The third kappa shape index (κ3) is 7.53. The number of esters is 1. The second-order valence-electron chi connectivity index (χ2n) is 9.03. The lowest BCUT2D eigenvalue weighted by molar-refractivity contribution is -0.146. The number of nitrogens with zero attached hydrogens (tertiary/aromatic N) is 2. The number of methoxy groups -OCH3 is 1. The number of nitrogens with one attached hydrogen (secondary N) is 4. The highest BCUT2D eigenvalue weighted by Gasteiger charge is 2.28. The minimum absolute atomic E-state index is 0.0845. The van der Waals surface area contributed by atoms with Crippen LogP contribution in [-0.2, 0) is 14.3 Å². The van der Waals surface area contributed by atoms with E-state index < -0.39 is 5.82 Å². The normalized spacial score (nSPS) is 20.1. The predicted octanol–water partition coefficient (Wildman–Crippen LogP) is 5.47. The monoisotopic (exact) mass is 570 g/mol. The number of rotatable bonds is 7. The van der Waals surface area contributed by atoms with Crippen LogP contribution in [0.15, 0.2) is 18.3 Å². The van der Waals surface area contributed by atoms with Gasteiger partial charge in [-0.05, 0) is 62.9 Å². The molecule has 0 amide bonds. The van der Waals surface area contributed by atoms with Crippen molar-refractivity contribution < 1.29 is 18.7 Å². The number of hydrogen-bond donors (Lipinski definition) is 4. The van der Waals surface area contributed by atoms with Gasteiger partial charge in [-0.2, -0.15) is 4.98 Å². The van der Waals surface area contributed by atoms with Gasteiger partial charge in [0.25, 0.3) is 0 Å². The number of benzene rings is 1. The van der Waals surface area contributed by atoms with E-state index >= 15 is 0 Å². The second kappa shape index (κ2) is 12.9. The summed E-state index contributed by atoms with van der Waals surface area (Å²) in [5.41, 5.74) is 0.830. The molecule has 4 rings (SSSR count). The zero-order valence-corrected chi connectivity index (χ0v) is 22.6. The number of carbonyl (C=O) groups is 1. The van der Waals surface area contributed by atoms with Gasteiger partial charge in [-0.25, -0.2) is 9.37 Å². The van der Waals surface area contributed by atoms with Crippen molar-refractivity contribution >= 4 is 69.6 Å². The van der Waals surface area contributed by atoms with Crippen molar-refractivity contribution in [2.24, 2.45) is 5.92 Å². The zero-order valence-electron chi connectivity index (χ0n) is 20.3. The predicted molar refractivity (Wildman–Crippen MR) is 147 cm³/mol. The van der Waals surface area contributed by atoms with Gasteiger partial charge >= 0.3 is 5.97 Å². The fourth-order valence-corrected chi connectivity index (χ4v) is 5.21. The van der Waals surface area contributed by atoms with Crippen molar-refractivity contribution in [1.29, 1.82) is 0 Å². The fourth-order valence-electron chi connectivity index (χ4n) is 4.44. The van der Waals surface area contributed by atoms with Crippen molar-refractivity contribution in [3.05, 3.63) is 34.2 Å². The van der Waals surface area contributed by atoms with E-state index in [1.165, 1.54) is 7.11 Å². The Balaban J connectivity index is 1.49. The molecule has 2 heterocycles. The maximum absolute atomic E-state index is 13.6. The van der Waals surface area contributed by atoms with E-state index in [1.807, 2.05) is 0 Å². The molecule has 13 heteroatoms. The number of ether oxygens (including phenoxy) is 2. The summed E-state index contributed by atoms with van der Waals surface area (Å²) < 4.78 is 23.9. The Morgan fingerprint density at radius 3 is 2.35 bits per heavy atom. The van der Waals surface area contributed by atoms with Crippen LogP contribution in [0.25, 0.3) is 0 Å². The molecule has 0 spiro atoms. The lowest BCUT2D eigenvalue weighted by Crippen LogP contribution is -2.31. The van der Waals surface area contributed by atoms with Crippen molar-refractivity contribution in [2.45, 2.75) is 50.6 Å². The lowest BCUT2D eigenvalue weighted by atomic mass is 9.86. The molecule has 1 aliphatic carbocycles. The topological polar surface area (TPSA) is 109 Å². The molecular weight excluding hydrogens is 542 g/mol. The highest BCUT2D eigenvalue weighted by atomic mass is 35.5. The molecule has 37 heavy (non-hydrogen) atoms. The minimum atomic E-state index is -0.547. The third-order valence-electron chi connectivity index (χ3n) is 6.44. The molecule has 1 aromatic carbocycles. The number of halogens is 3. The van der Waals surface area contributed by atoms with Gasteiger partial charge in [0.1, 0.15) is 11.5 Å². The molecule has 1 aromatic heterocycles. The molecular formula is C24H29Cl2FN6O3S. The Kier molecular flexibility index (Phi) is 9.58. The van der Waals surface area contributed by atoms with Crippen molar-refractivity contribution in [1.82, 2.24) is 9.97 Å². The van der Waals surface area contributed by atoms with Crippen LogP contribution in [-0.4, -0.2) is 53.5 Å². The van der Waals surface area contributed by atoms with Gasteiger partial charge in [0.15, 0.2) is 10.9 Å². The van der Waals surface area contributed by atoms with E-state index in [9.17, 15) is 9.18 Å². The average molecular weight is 572 g/mol. The first-order chi connectivity index (χ1) is 17.8. The quantitative estimate of drug-likeness (QED) is 0.253. The molecule has 0 atom stereocenters. The van der Waals surface area contributed by atoms with E-state index in [1.54, 1.807) is 6.20 Å². The molecule has 9 nitrogen and oxygen atoms in total. The number of aromatic nitrogens is 2. The van der Waals surface area contributed by atoms with Crippen LogP contribution in [0.1, 0.15) is 38.5 Å². The maximum atomic E-state index is 13.6. The number of anilines is 4. The highest BCUT2D eigenvalue weighted by Crippen LogP contribution is 2.33. The summed E-state index contributed by atoms with van der Waals surface area (Å²) in [6, 6.07) is 2.63. The van der Waals surface area contributed by atoms with E-state index in [-0.39, 0.29) is 44.8 Å². The van der Waals surface area contributed by atoms with E-state index in [2.05, 4.69) is 26.3 Å². The molecule has 2 aliphatic rings. The first-order valence-corrected chi connectivity index (χ1v) is 13.3. The van der Waals surface area contributed by atoms with E-state index in [0.29, 0.717) is 30.7 Å².